The first-order valence-corrected chi connectivity index (χ1v) is 29.6. The Kier molecular flexibility index (Phi) is 53.2. The lowest BCUT2D eigenvalue weighted by atomic mass is 9.99. The number of allylic oxidation sites excluding steroid dienone is 2. The summed E-state index contributed by atoms with van der Waals surface area (Å²) in [7, 11) is 0. The SMILES string of the molecule is CCCCCCCCCCCCC/C=C\CCCCCCCCC(O)C(=O)NC(CO)C(O)C(O)CCCCCCCCCCCCCCCCCCCCCCCCCCCCCC. The van der Waals surface area contributed by atoms with Gasteiger partial charge >= 0.3 is 0 Å². The molecule has 0 spiro atoms. The van der Waals surface area contributed by atoms with Gasteiger partial charge in [0.1, 0.15) is 12.2 Å². The molecule has 0 aromatic heterocycles. The number of aliphatic hydroxyl groups excluding tert-OH is 4. The lowest BCUT2D eigenvalue weighted by molar-refractivity contribution is -0.132. The van der Waals surface area contributed by atoms with Crippen LogP contribution in [0.4, 0.5) is 0 Å². The molecule has 5 N–H and O–H groups in total. The first-order valence-electron chi connectivity index (χ1n) is 29.6. The largest absolute Gasteiger partial charge is 0.394 e. The topological polar surface area (TPSA) is 110 Å². The summed E-state index contributed by atoms with van der Waals surface area (Å²) in [5, 5.41) is 44.1. The zero-order valence-electron chi connectivity index (χ0n) is 44.0. The predicted octanol–water partition coefficient (Wildman–Crippen LogP) is 17.3. The van der Waals surface area contributed by atoms with Crippen molar-refractivity contribution in [1.29, 1.82) is 0 Å². The van der Waals surface area contributed by atoms with Crippen molar-refractivity contribution in [2.24, 2.45) is 0 Å². The van der Waals surface area contributed by atoms with E-state index in [9.17, 15) is 25.2 Å². The second kappa shape index (κ2) is 54.0. The normalized spacial score (nSPS) is 13.8. The molecule has 6 heteroatoms. The average Bonchev–Trinajstić information content (AvgIpc) is 3.31. The summed E-state index contributed by atoms with van der Waals surface area (Å²) in [5.41, 5.74) is 0. The number of hydrogen-bond acceptors (Lipinski definition) is 5. The molecule has 388 valence electrons. The zero-order chi connectivity index (χ0) is 47.4. The fourth-order valence-electron chi connectivity index (χ4n) is 9.58. The Morgan fingerprint density at radius 3 is 0.892 bits per heavy atom. The highest BCUT2D eigenvalue weighted by Gasteiger charge is 2.28. The van der Waals surface area contributed by atoms with Crippen LogP contribution < -0.4 is 5.32 Å². The lowest BCUT2D eigenvalue weighted by Crippen LogP contribution is -2.53. The molecule has 0 radical (unpaired) electrons. The van der Waals surface area contributed by atoms with E-state index in [1.54, 1.807) is 0 Å². The smallest absolute Gasteiger partial charge is 0.249 e. The third-order valence-electron chi connectivity index (χ3n) is 14.2. The number of aliphatic hydroxyl groups is 4. The molecule has 1 amide bonds. The predicted molar refractivity (Wildman–Crippen MR) is 284 cm³/mol. The Morgan fingerprint density at radius 2 is 0.615 bits per heavy atom. The summed E-state index contributed by atoms with van der Waals surface area (Å²) in [4.78, 5) is 12.6. The van der Waals surface area contributed by atoms with Crippen molar-refractivity contribution in [3.8, 4) is 0 Å². The Hall–Kier alpha value is -0.950. The van der Waals surface area contributed by atoms with Crippen molar-refractivity contribution in [2.45, 2.75) is 353 Å². The summed E-state index contributed by atoms with van der Waals surface area (Å²) in [5.74, 6) is -0.583. The quantitative estimate of drug-likeness (QED) is 0.0308. The van der Waals surface area contributed by atoms with Gasteiger partial charge in [0.15, 0.2) is 0 Å². The van der Waals surface area contributed by atoms with Crippen LogP contribution in [0.15, 0.2) is 12.2 Å². The molecule has 4 atom stereocenters. The molecule has 0 aromatic carbocycles. The standard InChI is InChI=1S/C59H117NO5/c1-3-5-7-9-11-13-15-17-19-21-23-25-26-27-28-29-30-31-33-34-36-38-40-42-44-46-48-50-52-56(62)58(64)55(54-61)60-59(65)57(63)53-51-49-47-45-43-41-39-37-35-32-24-22-20-18-16-14-12-10-8-6-4-2/h35,37,55-58,61-64H,3-34,36,38-54H2,1-2H3,(H,60,65)/b37-35-. The van der Waals surface area contributed by atoms with Crippen LogP contribution in [0.1, 0.15) is 328 Å². The summed E-state index contributed by atoms with van der Waals surface area (Å²) in [6, 6.07) is -0.986. The van der Waals surface area contributed by atoms with Crippen LogP contribution in [0, 0.1) is 0 Å². The van der Waals surface area contributed by atoms with Gasteiger partial charge in [-0.3, -0.25) is 4.79 Å². The van der Waals surface area contributed by atoms with Gasteiger partial charge in [-0.1, -0.05) is 302 Å². The summed E-state index contributed by atoms with van der Waals surface area (Å²) < 4.78 is 0. The summed E-state index contributed by atoms with van der Waals surface area (Å²) >= 11 is 0. The van der Waals surface area contributed by atoms with Crippen molar-refractivity contribution in [2.75, 3.05) is 6.61 Å². The molecule has 0 fully saturated rings. The molecule has 0 aliphatic heterocycles. The van der Waals surface area contributed by atoms with E-state index in [-0.39, 0.29) is 0 Å². The minimum atomic E-state index is -1.26. The molecule has 0 aliphatic rings. The van der Waals surface area contributed by atoms with E-state index in [1.165, 1.54) is 257 Å². The van der Waals surface area contributed by atoms with Crippen LogP contribution in [0.3, 0.4) is 0 Å². The molecule has 4 unspecified atom stereocenters. The van der Waals surface area contributed by atoms with Crippen molar-refractivity contribution in [3.05, 3.63) is 12.2 Å². The molecule has 6 nitrogen and oxygen atoms in total. The molecule has 0 saturated heterocycles. The monoisotopic (exact) mass is 920 g/mol. The van der Waals surface area contributed by atoms with Crippen LogP contribution in [-0.2, 0) is 4.79 Å². The first kappa shape index (κ1) is 64.0. The molecule has 0 bridgehead atoms. The van der Waals surface area contributed by atoms with Gasteiger partial charge in [0, 0.05) is 0 Å². The van der Waals surface area contributed by atoms with Crippen molar-refractivity contribution >= 4 is 5.91 Å². The van der Waals surface area contributed by atoms with Crippen LogP contribution in [-0.4, -0.2) is 57.3 Å². The van der Waals surface area contributed by atoms with Crippen molar-refractivity contribution < 1.29 is 25.2 Å². The molecule has 65 heavy (non-hydrogen) atoms. The van der Waals surface area contributed by atoms with Crippen LogP contribution in [0.2, 0.25) is 0 Å². The Bertz CT molecular complexity index is 944. The third kappa shape index (κ3) is 47.9. The van der Waals surface area contributed by atoms with E-state index >= 15 is 0 Å². The Morgan fingerprint density at radius 1 is 0.369 bits per heavy atom. The van der Waals surface area contributed by atoms with E-state index in [4.69, 9.17) is 0 Å². The zero-order valence-corrected chi connectivity index (χ0v) is 44.0. The number of hydrogen-bond donors (Lipinski definition) is 5. The molecule has 0 aromatic rings. The van der Waals surface area contributed by atoms with Gasteiger partial charge in [0.25, 0.3) is 0 Å². The van der Waals surface area contributed by atoms with E-state index in [1.807, 2.05) is 0 Å². The lowest BCUT2D eigenvalue weighted by Gasteiger charge is -2.27. The molecular weight excluding hydrogens is 803 g/mol. The molecule has 0 saturated carbocycles. The van der Waals surface area contributed by atoms with E-state index in [0.29, 0.717) is 12.8 Å². The highest BCUT2D eigenvalue weighted by molar-refractivity contribution is 5.80. The number of carbonyl (C=O) groups excluding carboxylic acids is 1. The first-order chi connectivity index (χ1) is 32.0. The highest BCUT2D eigenvalue weighted by atomic mass is 16.3. The highest BCUT2D eigenvalue weighted by Crippen LogP contribution is 2.19. The van der Waals surface area contributed by atoms with Gasteiger partial charge in [0.05, 0.1) is 18.8 Å². The van der Waals surface area contributed by atoms with Gasteiger partial charge in [-0.05, 0) is 38.5 Å². The Balaban J connectivity index is 3.58. The molecule has 0 aliphatic carbocycles. The van der Waals surface area contributed by atoms with Gasteiger partial charge in [0.2, 0.25) is 5.91 Å². The second-order valence-corrected chi connectivity index (χ2v) is 20.7. The maximum Gasteiger partial charge on any atom is 0.249 e. The van der Waals surface area contributed by atoms with Crippen LogP contribution in [0.5, 0.6) is 0 Å². The fourth-order valence-corrected chi connectivity index (χ4v) is 9.58. The second-order valence-electron chi connectivity index (χ2n) is 20.7. The molecule has 0 heterocycles. The summed E-state index contributed by atoms with van der Waals surface area (Å²) in [6.45, 7) is 4.10. The van der Waals surface area contributed by atoms with Gasteiger partial charge < -0.3 is 25.7 Å². The van der Waals surface area contributed by atoms with Crippen molar-refractivity contribution in [1.82, 2.24) is 5.32 Å². The number of nitrogens with one attached hydrogen (secondary N) is 1. The molecule has 0 rings (SSSR count). The van der Waals surface area contributed by atoms with Gasteiger partial charge in [-0.2, -0.15) is 0 Å². The number of carbonyl (C=O) groups is 1. The summed E-state index contributed by atoms with van der Waals surface area (Å²) in [6.07, 6.45) is 64.3. The number of amides is 1. The van der Waals surface area contributed by atoms with Crippen LogP contribution in [0.25, 0.3) is 0 Å². The minimum Gasteiger partial charge on any atom is -0.394 e. The average molecular weight is 921 g/mol. The Labute approximate surface area is 406 Å². The third-order valence-corrected chi connectivity index (χ3v) is 14.2. The molecular formula is C59H117NO5. The van der Waals surface area contributed by atoms with E-state index < -0.39 is 36.9 Å². The number of rotatable bonds is 55. The van der Waals surface area contributed by atoms with Crippen molar-refractivity contribution in [3.63, 3.8) is 0 Å². The van der Waals surface area contributed by atoms with Gasteiger partial charge in [-0.15, -0.1) is 0 Å². The van der Waals surface area contributed by atoms with Gasteiger partial charge in [-0.25, -0.2) is 0 Å². The number of unbranched alkanes of at least 4 members (excludes halogenated alkanes) is 44. The van der Waals surface area contributed by atoms with E-state index in [2.05, 4.69) is 31.3 Å². The maximum absolute atomic E-state index is 12.6. The van der Waals surface area contributed by atoms with E-state index in [0.717, 1.165) is 44.9 Å². The minimum absolute atomic E-state index is 0.365. The maximum atomic E-state index is 12.6. The fraction of sp³-hybridized carbons (Fsp3) is 0.949. The van der Waals surface area contributed by atoms with Crippen LogP contribution >= 0.6 is 0 Å².